The average molecular weight is 459 g/mol. The number of aromatic hydroxyl groups is 1. The summed E-state index contributed by atoms with van der Waals surface area (Å²) < 4.78 is 6.10. The Balaban J connectivity index is 1.45. The smallest absolute Gasteiger partial charge is 0.231 e. The highest BCUT2D eigenvalue weighted by Gasteiger charge is 2.75. The Labute approximate surface area is 191 Å². The molecule has 5 aliphatic rings. The summed E-state index contributed by atoms with van der Waals surface area (Å²) in [5.74, 6) is -1.41. The van der Waals surface area contributed by atoms with E-state index in [2.05, 4.69) is 10.2 Å². The number of aliphatic hydroxyl groups excluding tert-OH is 2. The van der Waals surface area contributed by atoms with Crippen LogP contribution in [0, 0.1) is 11.8 Å². The molecule has 5 N–H and O–H groups in total. The molecule has 5 atom stereocenters. The molecule has 1 saturated heterocycles. The zero-order chi connectivity index (χ0) is 23.1. The van der Waals surface area contributed by atoms with E-state index < -0.39 is 54.0 Å². The summed E-state index contributed by atoms with van der Waals surface area (Å²) in [6, 6.07) is 2.29. The van der Waals surface area contributed by atoms with Gasteiger partial charge in [-0.25, -0.2) is 0 Å². The molecule has 2 aliphatic heterocycles. The Morgan fingerprint density at radius 3 is 2.73 bits per heavy atom. The molecule has 1 amide bonds. The Kier molecular flexibility index (Phi) is 4.62. The van der Waals surface area contributed by atoms with E-state index >= 15 is 0 Å². The van der Waals surface area contributed by atoms with Crippen molar-refractivity contribution in [3.63, 3.8) is 0 Å². The fourth-order valence-electron chi connectivity index (χ4n) is 6.97. The maximum absolute atomic E-state index is 13.7. The van der Waals surface area contributed by atoms with Crippen LogP contribution >= 0.6 is 0 Å². The van der Waals surface area contributed by atoms with Gasteiger partial charge in [-0.2, -0.15) is 0 Å². The minimum absolute atomic E-state index is 0.0541. The van der Waals surface area contributed by atoms with E-state index in [0.29, 0.717) is 18.8 Å². The number of hydrogen-bond acceptors (Lipinski definition) is 8. The van der Waals surface area contributed by atoms with Gasteiger partial charge in [-0.1, -0.05) is 6.07 Å². The van der Waals surface area contributed by atoms with Crippen LogP contribution in [0.15, 0.2) is 12.1 Å². The molecule has 2 heterocycles. The number of ether oxygens (including phenoxy) is 1. The highest BCUT2D eigenvalue weighted by Crippen LogP contribution is 2.65. The van der Waals surface area contributed by atoms with Gasteiger partial charge >= 0.3 is 0 Å². The van der Waals surface area contributed by atoms with Gasteiger partial charge in [0.15, 0.2) is 23.4 Å². The number of nitrogens with zero attached hydrogens (tertiary/aromatic N) is 1. The molecule has 2 bridgehead atoms. The van der Waals surface area contributed by atoms with Gasteiger partial charge in [-0.15, -0.1) is 0 Å². The second kappa shape index (κ2) is 7.15. The maximum atomic E-state index is 13.7. The second-order valence-electron chi connectivity index (χ2n) is 10.5. The van der Waals surface area contributed by atoms with Crippen LogP contribution in [-0.4, -0.2) is 87.1 Å². The van der Waals surface area contributed by atoms with Crippen molar-refractivity contribution in [2.75, 3.05) is 26.3 Å². The lowest BCUT2D eigenvalue weighted by atomic mass is 9.47. The fourth-order valence-corrected chi connectivity index (χ4v) is 6.97. The van der Waals surface area contributed by atoms with E-state index in [0.717, 1.165) is 24.2 Å². The average Bonchev–Trinajstić information content (AvgIpc) is 3.54. The topological polar surface area (TPSA) is 140 Å². The lowest BCUT2D eigenvalue weighted by Gasteiger charge is -2.63. The predicted molar refractivity (Wildman–Crippen MR) is 115 cm³/mol. The van der Waals surface area contributed by atoms with Crippen LogP contribution in [0.3, 0.4) is 0 Å². The van der Waals surface area contributed by atoms with Crippen molar-refractivity contribution in [1.82, 2.24) is 10.2 Å². The number of piperidine rings is 1. The molecule has 2 saturated carbocycles. The summed E-state index contributed by atoms with van der Waals surface area (Å²) in [6.45, 7) is 0.686. The van der Waals surface area contributed by atoms with Crippen LogP contribution in [-0.2, 0) is 21.4 Å². The third-order valence-corrected chi connectivity index (χ3v) is 8.73. The van der Waals surface area contributed by atoms with Gasteiger partial charge in [0.2, 0.25) is 5.91 Å². The lowest BCUT2D eigenvalue weighted by molar-refractivity contribution is -0.198. The molecule has 0 radical (unpaired) electrons. The number of carbonyl (C=O) groups excluding carboxylic acids is 2. The van der Waals surface area contributed by atoms with E-state index in [-0.39, 0.29) is 24.0 Å². The number of phenols is 1. The van der Waals surface area contributed by atoms with Crippen molar-refractivity contribution >= 4 is 11.7 Å². The van der Waals surface area contributed by atoms with Gasteiger partial charge < -0.3 is 30.5 Å². The standard InChI is InChI=1S/C24H30N2O7/c27-10-14(11-28)25-22(31)15-8-24(32)17-7-13-3-4-16(29)20-18(13)23(24,21(33-20)19(15)30)5-6-26(17)9-12-1-2-12/h3-4,12,14-15,17,21,27-29,32H,1-2,5-11H2,(H,25,31)/t15?,17-,21+,23+,24-/m1/s1. The number of carbonyl (C=O) groups is 2. The van der Waals surface area contributed by atoms with Crippen molar-refractivity contribution in [2.24, 2.45) is 11.8 Å². The number of hydrogen-bond donors (Lipinski definition) is 5. The first-order valence-corrected chi connectivity index (χ1v) is 11.9. The zero-order valence-corrected chi connectivity index (χ0v) is 18.4. The van der Waals surface area contributed by atoms with Crippen molar-refractivity contribution in [1.29, 1.82) is 0 Å². The minimum atomic E-state index is -1.39. The Hall–Kier alpha value is -2.20. The van der Waals surface area contributed by atoms with Crippen LogP contribution in [0.1, 0.15) is 36.8 Å². The van der Waals surface area contributed by atoms with E-state index in [1.165, 1.54) is 12.8 Å². The molecular weight excluding hydrogens is 428 g/mol. The molecule has 9 nitrogen and oxygen atoms in total. The third-order valence-electron chi connectivity index (χ3n) is 8.73. The van der Waals surface area contributed by atoms with Crippen LogP contribution in [0.5, 0.6) is 11.5 Å². The summed E-state index contributed by atoms with van der Waals surface area (Å²) in [5, 5.41) is 44.3. The van der Waals surface area contributed by atoms with Crippen molar-refractivity contribution in [2.45, 2.75) is 61.3 Å². The van der Waals surface area contributed by atoms with Gasteiger partial charge in [0.05, 0.1) is 30.3 Å². The summed E-state index contributed by atoms with van der Waals surface area (Å²) in [7, 11) is 0. The van der Waals surface area contributed by atoms with Crippen molar-refractivity contribution in [3.05, 3.63) is 23.3 Å². The normalized spacial score (nSPS) is 36.5. The predicted octanol–water partition coefficient (Wildman–Crippen LogP) is -0.779. The summed E-state index contributed by atoms with van der Waals surface area (Å²) in [4.78, 5) is 29.1. The zero-order valence-electron chi connectivity index (χ0n) is 18.4. The number of likely N-dealkylation sites (tertiary alicyclic amines) is 1. The minimum Gasteiger partial charge on any atom is -0.504 e. The number of aliphatic hydroxyl groups is 3. The molecule has 1 aromatic carbocycles. The fraction of sp³-hybridized carbons (Fsp3) is 0.667. The summed E-state index contributed by atoms with van der Waals surface area (Å²) in [5.41, 5.74) is -0.675. The Bertz CT molecular complexity index is 1020. The number of phenolic OH excluding ortho intramolecular Hbond substituents is 1. The lowest BCUT2D eigenvalue weighted by Crippen LogP contribution is -2.78. The SMILES string of the molecule is O=C(NC(CO)CO)C1C[C@@]2(O)[C@H]3Cc4ccc(O)c5c4[C@@]2(CCN3CC2CC2)[C@@H](O5)C1=O. The van der Waals surface area contributed by atoms with E-state index in [9.17, 15) is 30.0 Å². The monoisotopic (exact) mass is 458 g/mol. The number of ketones is 1. The van der Waals surface area contributed by atoms with Gasteiger partial charge in [0.1, 0.15) is 5.92 Å². The largest absolute Gasteiger partial charge is 0.504 e. The third kappa shape index (κ3) is 2.73. The van der Waals surface area contributed by atoms with Gasteiger partial charge in [-0.3, -0.25) is 14.5 Å². The molecule has 178 valence electrons. The molecule has 33 heavy (non-hydrogen) atoms. The number of nitrogens with one attached hydrogen (secondary N) is 1. The van der Waals surface area contributed by atoms with E-state index in [1.807, 2.05) is 6.07 Å². The number of Topliss-reactive ketones (excluding diaryl/α,β-unsaturated/α-hetero) is 1. The maximum Gasteiger partial charge on any atom is 0.231 e. The van der Waals surface area contributed by atoms with Gasteiger partial charge in [0, 0.05) is 18.2 Å². The van der Waals surface area contributed by atoms with Crippen LogP contribution in [0.4, 0.5) is 0 Å². The number of amides is 1. The molecule has 6 rings (SSSR count). The van der Waals surface area contributed by atoms with Crippen LogP contribution < -0.4 is 10.1 Å². The molecule has 1 aromatic rings. The number of rotatable bonds is 6. The van der Waals surface area contributed by atoms with Gasteiger partial charge in [-0.05, 0) is 56.2 Å². The molecular formula is C24H30N2O7. The second-order valence-corrected chi connectivity index (χ2v) is 10.5. The van der Waals surface area contributed by atoms with Gasteiger partial charge in [0.25, 0.3) is 0 Å². The highest BCUT2D eigenvalue weighted by atomic mass is 16.5. The molecule has 1 spiro atoms. The van der Waals surface area contributed by atoms with E-state index in [4.69, 9.17) is 4.74 Å². The molecule has 0 aromatic heterocycles. The quantitative estimate of drug-likeness (QED) is 0.350. The molecule has 3 aliphatic carbocycles. The number of benzene rings is 1. The first kappa shape index (κ1) is 21.3. The van der Waals surface area contributed by atoms with Crippen molar-refractivity contribution < 1.29 is 34.8 Å². The van der Waals surface area contributed by atoms with Crippen LogP contribution in [0.25, 0.3) is 0 Å². The summed E-state index contributed by atoms with van der Waals surface area (Å²) >= 11 is 0. The first-order chi connectivity index (χ1) is 15.8. The molecule has 1 unspecified atom stereocenters. The van der Waals surface area contributed by atoms with Crippen LogP contribution in [0.2, 0.25) is 0 Å². The molecule has 3 fully saturated rings. The Morgan fingerprint density at radius 1 is 1.27 bits per heavy atom. The molecule has 9 heteroatoms. The highest BCUT2D eigenvalue weighted by molar-refractivity contribution is 6.06. The van der Waals surface area contributed by atoms with Crippen molar-refractivity contribution in [3.8, 4) is 11.5 Å². The Morgan fingerprint density at radius 2 is 2.03 bits per heavy atom. The first-order valence-electron chi connectivity index (χ1n) is 11.9. The van der Waals surface area contributed by atoms with E-state index in [1.54, 1.807) is 6.07 Å². The summed E-state index contributed by atoms with van der Waals surface area (Å²) in [6.07, 6.45) is 2.31.